The molecule has 0 saturated heterocycles. The van der Waals surface area contributed by atoms with Gasteiger partial charge >= 0.3 is 0 Å². The molecule has 0 unspecified atom stereocenters. The molecular formula is C12H13BrClNO2. The Bertz CT molecular complexity index is 419. The van der Waals surface area contributed by atoms with E-state index in [-0.39, 0.29) is 12.0 Å². The molecule has 1 aromatic rings. The number of carbonyl (C=O) groups excluding carboxylic acids is 1. The normalized spacial score (nSPS) is 16.1. The Morgan fingerprint density at radius 2 is 2.12 bits per heavy atom. The van der Waals surface area contributed by atoms with Gasteiger partial charge in [0.15, 0.2) is 0 Å². The summed E-state index contributed by atoms with van der Waals surface area (Å²) in [5.41, 5.74) is 2.89. The predicted molar refractivity (Wildman–Crippen MR) is 70.0 cm³/mol. The number of amides is 1. The molecule has 17 heavy (non-hydrogen) atoms. The van der Waals surface area contributed by atoms with Gasteiger partial charge in [0.05, 0.1) is 16.7 Å². The molecule has 5 heteroatoms. The highest BCUT2D eigenvalue weighted by Crippen LogP contribution is 2.22. The summed E-state index contributed by atoms with van der Waals surface area (Å²) in [6.45, 7) is 0. The van der Waals surface area contributed by atoms with Crippen molar-refractivity contribution < 1.29 is 9.63 Å². The van der Waals surface area contributed by atoms with E-state index in [9.17, 15) is 4.79 Å². The Balaban J connectivity index is 1.94. The van der Waals surface area contributed by atoms with Crippen molar-refractivity contribution in [1.82, 2.24) is 5.48 Å². The second-order valence-electron chi connectivity index (χ2n) is 4.08. The maximum absolute atomic E-state index is 11.8. The molecule has 92 valence electrons. The molecule has 0 atom stereocenters. The molecule has 1 amide bonds. The summed E-state index contributed by atoms with van der Waals surface area (Å²) < 4.78 is 0.843. The van der Waals surface area contributed by atoms with Crippen LogP contribution in [0.2, 0.25) is 5.02 Å². The fourth-order valence-corrected chi connectivity index (χ4v) is 2.63. The molecule has 0 spiro atoms. The molecule has 1 saturated carbocycles. The van der Waals surface area contributed by atoms with E-state index in [2.05, 4.69) is 21.4 Å². The van der Waals surface area contributed by atoms with Crippen LogP contribution in [0.4, 0.5) is 0 Å². The number of hydrogen-bond donors (Lipinski definition) is 1. The minimum absolute atomic E-state index is 0.146. The number of halogens is 2. The van der Waals surface area contributed by atoms with Crippen LogP contribution in [-0.4, -0.2) is 12.0 Å². The van der Waals surface area contributed by atoms with Gasteiger partial charge in [-0.15, -0.1) is 0 Å². The SMILES string of the molecule is O=C(NOC1CCCC1)c1ccc(Br)cc1Cl. The molecule has 2 rings (SSSR count). The number of carbonyl (C=O) groups is 1. The van der Waals surface area contributed by atoms with Crippen LogP contribution in [0.25, 0.3) is 0 Å². The Kier molecular flexibility index (Phi) is 4.42. The number of nitrogens with one attached hydrogen (secondary N) is 1. The minimum atomic E-state index is -0.297. The molecule has 1 N–H and O–H groups in total. The number of rotatable bonds is 3. The summed E-state index contributed by atoms with van der Waals surface area (Å²) in [6, 6.07) is 5.13. The summed E-state index contributed by atoms with van der Waals surface area (Å²) in [5.74, 6) is -0.297. The van der Waals surface area contributed by atoms with Crippen LogP contribution in [0.3, 0.4) is 0 Å². The van der Waals surface area contributed by atoms with Gasteiger partial charge in [-0.05, 0) is 31.0 Å². The van der Waals surface area contributed by atoms with Crippen LogP contribution in [-0.2, 0) is 4.84 Å². The highest BCUT2D eigenvalue weighted by atomic mass is 79.9. The van der Waals surface area contributed by atoms with E-state index < -0.39 is 0 Å². The molecule has 3 nitrogen and oxygen atoms in total. The van der Waals surface area contributed by atoms with Gasteiger partial charge < -0.3 is 0 Å². The van der Waals surface area contributed by atoms with E-state index in [1.807, 2.05) is 0 Å². The van der Waals surface area contributed by atoms with Crippen molar-refractivity contribution in [3.63, 3.8) is 0 Å². The molecule has 1 aliphatic carbocycles. The van der Waals surface area contributed by atoms with E-state index in [4.69, 9.17) is 16.4 Å². The van der Waals surface area contributed by atoms with Crippen molar-refractivity contribution in [1.29, 1.82) is 0 Å². The molecule has 0 aromatic heterocycles. The lowest BCUT2D eigenvalue weighted by atomic mass is 10.2. The van der Waals surface area contributed by atoms with Crippen molar-refractivity contribution in [2.45, 2.75) is 31.8 Å². The average molecular weight is 319 g/mol. The van der Waals surface area contributed by atoms with Crippen LogP contribution < -0.4 is 5.48 Å². The third-order valence-corrected chi connectivity index (χ3v) is 3.60. The zero-order valence-corrected chi connectivity index (χ0v) is 11.6. The number of benzene rings is 1. The first kappa shape index (κ1) is 12.9. The van der Waals surface area contributed by atoms with Crippen molar-refractivity contribution in [3.8, 4) is 0 Å². The topological polar surface area (TPSA) is 38.3 Å². The largest absolute Gasteiger partial charge is 0.276 e. The van der Waals surface area contributed by atoms with Gasteiger partial charge in [0, 0.05) is 4.47 Å². The van der Waals surface area contributed by atoms with Gasteiger partial charge in [-0.3, -0.25) is 9.63 Å². The highest BCUT2D eigenvalue weighted by molar-refractivity contribution is 9.10. The zero-order valence-electron chi connectivity index (χ0n) is 9.21. The Morgan fingerprint density at radius 1 is 1.41 bits per heavy atom. The summed E-state index contributed by atoms with van der Waals surface area (Å²) >= 11 is 9.26. The van der Waals surface area contributed by atoms with Crippen LogP contribution in [0.5, 0.6) is 0 Å². The van der Waals surface area contributed by atoms with E-state index >= 15 is 0 Å². The summed E-state index contributed by atoms with van der Waals surface area (Å²) in [7, 11) is 0. The summed E-state index contributed by atoms with van der Waals surface area (Å²) in [5, 5.41) is 0.409. The molecule has 1 aliphatic rings. The Labute approximate surface area is 114 Å². The van der Waals surface area contributed by atoms with Gasteiger partial charge in [-0.1, -0.05) is 40.4 Å². The second-order valence-corrected chi connectivity index (χ2v) is 5.40. The van der Waals surface area contributed by atoms with Gasteiger partial charge in [0.1, 0.15) is 0 Å². The first-order valence-corrected chi connectivity index (χ1v) is 6.75. The van der Waals surface area contributed by atoms with Crippen LogP contribution in [0.15, 0.2) is 22.7 Å². The van der Waals surface area contributed by atoms with E-state index in [0.29, 0.717) is 10.6 Å². The third-order valence-electron chi connectivity index (χ3n) is 2.80. The predicted octanol–water partition coefficient (Wildman–Crippen LogP) is 3.71. The summed E-state index contributed by atoms with van der Waals surface area (Å²) in [6.07, 6.45) is 4.50. The monoisotopic (exact) mass is 317 g/mol. The van der Waals surface area contributed by atoms with Crippen LogP contribution >= 0.6 is 27.5 Å². The molecule has 0 heterocycles. The lowest BCUT2D eigenvalue weighted by Gasteiger charge is -2.12. The molecule has 0 bridgehead atoms. The van der Waals surface area contributed by atoms with E-state index in [1.54, 1.807) is 18.2 Å². The molecule has 1 aromatic carbocycles. The number of hydroxylamine groups is 1. The molecule has 0 aliphatic heterocycles. The first-order valence-electron chi connectivity index (χ1n) is 5.58. The van der Waals surface area contributed by atoms with Crippen molar-refractivity contribution >= 4 is 33.4 Å². The summed E-state index contributed by atoms with van der Waals surface area (Å²) in [4.78, 5) is 17.1. The quantitative estimate of drug-likeness (QED) is 0.863. The van der Waals surface area contributed by atoms with Gasteiger partial charge in [-0.25, -0.2) is 5.48 Å². The van der Waals surface area contributed by atoms with Gasteiger partial charge in [-0.2, -0.15) is 0 Å². The zero-order chi connectivity index (χ0) is 12.3. The second kappa shape index (κ2) is 5.85. The fourth-order valence-electron chi connectivity index (χ4n) is 1.87. The number of hydrogen-bond acceptors (Lipinski definition) is 2. The average Bonchev–Trinajstić information content (AvgIpc) is 2.78. The standard InChI is InChI=1S/C12H13BrClNO2/c13-8-5-6-10(11(14)7-8)12(16)15-17-9-3-1-2-4-9/h5-7,9H,1-4H2,(H,15,16). The Hall–Kier alpha value is -0.580. The smallest absolute Gasteiger partial charge is 0.270 e. The van der Waals surface area contributed by atoms with Gasteiger partial charge in [0.2, 0.25) is 0 Å². The molecule has 0 radical (unpaired) electrons. The van der Waals surface area contributed by atoms with E-state index in [1.165, 1.54) is 12.8 Å². The minimum Gasteiger partial charge on any atom is -0.270 e. The van der Waals surface area contributed by atoms with Crippen LogP contribution in [0.1, 0.15) is 36.0 Å². The van der Waals surface area contributed by atoms with E-state index in [0.717, 1.165) is 17.3 Å². The lowest BCUT2D eigenvalue weighted by Crippen LogP contribution is -2.28. The maximum atomic E-state index is 11.8. The molecule has 1 fully saturated rings. The van der Waals surface area contributed by atoms with Crippen molar-refractivity contribution in [2.24, 2.45) is 0 Å². The molecular weight excluding hydrogens is 305 g/mol. The van der Waals surface area contributed by atoms with Crippen LogP contribution in [0, 0.1) is 0 Å². The fraction of sp³-hybridized carbons (Fsp3) is 0.417. The Morgan fingerprint density at radius 3 is 2.76 bits per heavy atom. The van der Waals surface area contributed by atoms with Crippen molar-refractivity contribution in [3.05, 3.63) is 33.3 Å². The van der Waals surface area contributed by atoms with Gasteiger partial charge in [0.25, 0.3) is 5.91 Å². The highest BCUT2D eigenvalue weighted by Gasteiger charge is 2.18. The third kappa shape index (κ3) is 3.44. The lowest BCUT2D eigenvalue weighted by molar-refractivity contribution is -0.0124. The maximum Gasteiger partial charge on any atom is 0.276 e. The van der Waals surface area contributed by atoms with Crippen molar-refractivity contribution in [2.75, 3.05) is 0 Å². The first-order chi connectivity index (χ1) is 8.16.